The molecule has 0 radical (unpaired) electrons. The van der Waals surface area contributed by atoms with E-state index in [4.69, 9.17) is 35.3 Å². The van der Waals surface area contributed by atoms with Crippen molar-refractivity contribution in [3.8, 4) is 0 Å². The molecule has 0 unspecified atom stereocenters. The molecule has 0 rings (SSSR count). The first-order valence-corrected chi connectivity index (χ1v) is 8.60. The number of ether oxygens (including phenoxy) is 3. The minimum Gasteiger partial charge on any atom is -0.462 e. The van der Waals surface area contributed by atoms with Crippen molar-refractivity contribution in [2.75, 3.05) is 39.6 Å². The van der Waals surface area contributed by atoms with Gasteiger partial charge in [0, 0.05) is 18.2 Å². The molecule has 10 nitrogen and oxygen atoms in total. The molecule has 0 aliphatic rings. The average molecular weight is 417 g/mol. The van der Waals surface area contributed by atoms with Gasteiger partial charge in [-0.1, -0.05) is 26.7 Å². The van der Waals surface area contributed by atoms with Crippen molar-refractivity contribution in [3.63, 3.8) is 0 Å². The first kappa shape index (κ1) is 28.7. The number of hydrogen-bond acceptors (Lipinski definition) is 10. The molecule has 0 atom stereocenters. The summed E-state index contributed by atoms with van der Waals surface area (Å²) in [4.78, 5) is 33.5. The largest absolute Gasteiger partial charge is 0.462 e. The smallest absolute Gasteiger partial charge is 0.330 e. The van der Waals surface area contributed by atoms with Gasteiger partial charge in [-0.3, -0.25) is 0 Å². The van der Waals surface area contributed by atoms with Crippen LogP contribution in [-0.2, 0) is 28.6 Å². The maximum atomic E-state index is 11.2. The molecule has 0 aliphatic carbocycles. The lowest BCUT2D eigenvalue weighted by Gasteiger charge is -2.30. The number of aliphatic hydroxyl groups is 3. The van der Waals surface area contributed by atoms with Gasteiger partial charge < -0.3 is 35.3 Å². The number of rotatable bonds is 13. The van der Waals surface area contributed by atoms with Crippen LogP contribution in [0.2, 0.25) is 0 Å². The number of aliphatic hydroxyl groups excluding tert-OH is 3. The summed E-state index contributed by atoms with van der Waals surface area (Å²) < 4.78 is 15.0. The maximum Gasteiger partial charge on any atom is 0.330 e. The first-order chi connectivity index (χ1) is 13.6. The van der Waals surface area contributed by atoms with Gasteiger partial charge in [0.1, 0.15) is 19.8 Å². The summed E-state index contributed by atoms with van der Waals surface area (Å²) in [6.07, 6.45) is 3.51. The zero-order chi connectivity index (χ0) is 22.9. The van der Waals surface area contributed by atoms with Crippen molar-refractivity contribution in [2.45, 2.75) is 18.9 Å². The lowest BCUT2D eigenvalue weighted by atomic mass is 9.88. The second-order valence-electron chi connectivity index (χ2n) is 6.13. The van der Waals surface area contributed by atoms with Crippen LogP contribution in [-0.4, -0.2) is 78.4 Å². The lowest BCUT2D eigenvalue weighted by Crippen LogP contribution is -2.50. The van der Waals surface area contributed by atoms with E-state index in [-0.39, 0.29) is 19.8 Å². The van der Waals surface area contributed by atoms with E-state index in [9.17, 15) is 14.4 Å². The van der Waals surface area contributed by atoms with Crippen molar-refractivity contribution < 1.29 is 43.9 Å². The zero-order valence-electron chi connectivity index (χ0n) is 16.7. The highest BCUT2D eigenvalue weighted by molar-refractivity contribution is 5.82. The molecule has 0 aromatic heterocycles. The van der Waals surface area contributed by atoms with E-state index >= 15 is 0 Å². The molecule has 166 valence electrons. The minimum absolute atomic E-state index is 0.0802. The minimum atomic E-state index is -1.21. The van der Waals surface area contributed by atoms with E-state index in [1.54, 1.807) is 6.92 Å². The molecule has 0 aromatic carbocycles. The van der Waals surface area contributed by atoms with Crippen molar-refractivity contribution in [1.29, 1.82) is 0 Å². The highest BCUT2D eigenvalue weighted by Crippen LogP contribution is 2.24. The summed E-state index contributed by atoms with van der Waals surface area (Å²) in [7, 11) is 0. The van der Waals surface area contributed by atoms with Crippen molar-refractivity contribution >= 4 is 17.9 Å². The van der Waals surface area contributed by atoms with Gasteiger partial charge in [-0.15, -0.1) is 0 Å². The predicted octanol–water partition coefficient (Wildman–Crippen LogP) is -0.769. The standard InChI is InChI=1S/C15H20O6.C4H11NO3/c1-5-12(16)19-9-15(8-4,10-20-13(17)6-2)11-21-14(18)7-3;5-4(1-6,2-7)3-8/h5-7H,1-3,8-11H2,4H3;6-8H,1-3,5H2. The molecule has 0 spiro atoms. The predicted molar refractivity (Wildman–Crippen MR) is 104 cm³/mol. The van der Waals surface area contributed by atoms with Gasteiger partial charge in [-0.25, -0.2) is 14.4 Å². The third-order valence-electron chi connectivity index (χ3n) is 3.76. The van der Waals surface area contributed by atoms with Gasteiger partial charge >= 0.3 is 17.9 Å². The van der Waals surface area contributed by atoms with Gasteiger partial charge in [0.2, 0.25) is 0 Å². The lowest BCUT2D eigenvalue weighted by molar-refractivity contribution is -0.156. The molecule has 0 heterocycles. The van der Waals surface area contributed by atoms with Crippen molar-refractivity contribution in [3.05, 3.63) is 38.0 Å². The van der Waals surface area contributed by atoms with E-state index in [1.165, 1.54) is 0 Å². The van der Waals surface area contributed by atoms with Crippen molar-refractivity contribution in [2.24, 2.45) is 11.1 Å². The van der Waals surface area contributed by atoms with Crippen LogP contribution in [0.3, 0.4) is 0 Å². The van der Waals surface area contributed by atoms with E-state index in [1.807, 2.05) is 0 Å². The second kappa shape index (κ2) is 15.4. The normalized spacial score (nSPS) is 10.7. The van der Waals surface area contributed by atoms with Gasteiger partial charge in [-0.2, -0.15) is 0 Å². The van der Waals surface area contributed by atoms with E-state index in [2.05, 4.69) is 19.7 Å². The molecule has 0 saturated heterocycles. The van der Waals surface area contributed by atoms with E-state index in [0.717, 1.165) is 18.2 Å². The molecule has 0 amide bonds. The Hall–Kier alpha value is -2.53. The fourth-order valence-corrected chi connectivity index (χ4v) is 1.43. The summed E-state index contributed by atoms with van der Waals surface area (Å²) in [5.74, 6) is -1.84. The Bertz CT molecular complexity index is 488. The summed E-state index contributed by atoms with van der Waals surface area (Å²) in [6, 6.07) is 0. The molecular weight excluding hydrogens is 386 g/mol. The fraction of sp³-hybridized carbons (Fsp3) is 0.526. The van der Waals surface area contributed by atoms with Crippen LogP contribution in [0.4, 0.5) is 0 Å². The molecular formula is C19H31NO9. The van der Waals surface area contributed by atoms with E-state index < -0.39 is 48.7 Å². The highest BCUT2D eigenvalue weighted by Gasteiger charge is 2.33. The molecule has 10 heteroatoms. The van der Waals surface area contributed by atoms with Crippen molar-refractivity contribution in [1.82, 2.24) is 0 Å². The Kier molecular flexibility index (Phi) is 15.2. The number of carbonyl (C=O) groups excluding carboxylic acids is 3. The average Bonchev–Trinajstić information content (AvgIpc) is 2.77. The number of hydrogen-bond donors (Lipinski definition) is 4. The third-order valence-corrected chi connectivity index (χ3v) is 3.76. The van der Waals surface area contributed by atoms with Gasteiger partial charge in [0.15, 0.2) is 0 Å². The van der Waals surface area contributed by atoms with Crippen LogP contribution in [0.15, 0.2) is 38.0 Å². The number of nitrogens with two attached hydrogens (primary N) is 1. The quantitative estimate of drug-likeness (QED) is 0.170. The number of carbonyl (C=O) groups is 3. The Morgan fingerprint density at radius 3 is 1.21 bits per heavy atom. The maximum absolute atomic E-state index is 11.2. The topological polar surface area (TPSA) is 166 Å². The SMILES string of the molecule is C=CC(=O)OCC(CC)(COC(=O)C=C)COC(=O)C=C.NC(CO)(CO)CO. The summed E-state index contributed by atoms with van der Waals surface area (Å²) in [5.41, 5.74) is 3.10. The monoisotopic (exact) mass is 417 g/mol. The molecule has 0 fully saturated rings. The fourth-order valence-electron chi connectivity index (χ4n) is 1.43. The highest BCUT2D eigenvalue weighted by atomic mass is 16.6. The van der Waals surface area contributed by atoms with Crippen LogP contribution in [0, 0.1) is 5.41 Å². The third kappa shape index (κ3) is 12.5. The van der Waals surface area contributed by atoms with Crippen LogP contribution in [0.25, 0.3) is 0 Å². The Labute approximate surface area is 170 Å². The second-order valence-corrected chi connectivity index (χ2v) is 6.13. The first-order valence-electron chi connectivity index (χ1n) is 8.60. The Morgan fingerprint density at radius 1 is 0.793 bits per heavy atom. The van der Waals surface area contributed by atoms with Crippen LogP contribution in [0.1, 0.15) is 13.3 Å². The Balaban J connectivity index is 0. The van der Waals surface area contributed by atoms with Crippen LogP contribution < -0.4 is 5.73 Å². The molecule has 0 aliphatic heterocycles. The molecule has 5 N–H and O–H groups in total. The van der Waals surface area contributed by atoms with Gasteiger partial charge in [0.05, 0.1) is 30.8 Å². The van der Waals surface area contributed by atoms with Gasteiger partial charge in [0.25, 0.3) is 0 Å². The van der Waals surface area contributed by atoms with Crippen LogP contribution in [0.5, 0.6) is 0 Å². The Morgan fingerprint density at radius 2 is 1.07 bits per heavy atom. The summed E-state index contributed by atoms with van der Waals surface area (Å²) in [6.45, 7) is 10.2. The molecule has 29 heavy (non-hydrogen) atoms. The molecule has 0 aromatic rings. The van der Waals surface area contributed by atoms with Gasteiger partial charge in [-0.05, 0) is 6.42 Å². The van der Waals surface area contributed by atoms with Crippen LogP contribution >= 0.6 is 0 Å². The number of esters is 3. The summed E-state index contributed by atoms with van der Waals surface area (Å²) in [5, 5.41) is 25.0. The molecule has 0 saturated carbocycles. The summed E-state index contributed by atoms with van der Waals surface area (Å²) >= 11 is 0. The molecule has 0 bridgehead atoms. The zero-order valence-corrected chi connectivity index (χ0v) is 16.7. The van der Waals surface area contributed by atoms with E-state index in [0.29, 0.717) is 6.42 Å².